The minimum absolute atomic E-state index is 0.388. The molecule has 0 amide bonds. The molecule has 1 atom stereocenters. The summed E-state index contributed by atoms with van der Waals surface area (Å²) in [7, 11) is 0. The van der Waals surface area contributed by atoms with Gasteiger partial charge in [-0.1, -0.05) is 23.9 Å². The average molecular weight is 211 g/mol. The molecule has 0 saturated carbocycles. The van der Waals surface area contributed by atoms with E-state index in [-0.39, 0.29) is 5.44 Å². The van der Waals surface area contributed by atoms with Crippen LogP contribution in [0.1, 0.15) is 6.92 Å². The van der Waals surface area contributed by atoms with Gasteiger partial charge in [-0.05, 0) is 19.1 Å². The highest BCUT2D eigenvalue weighted by atomic mass is 32.2. The third kappa shape index (κ3) is 2.02. The van der Waals surface area contributed by atoms with Crippen LogP contribution in [0.15, 0.2) is 28.6 Å². The number of aromatic nitrogens is 1. The molecule has 0 saturated heterocycles. The van der Waals surface area contributed by atoms with Crippen LogP contribution in [0.2, 0.25) is 0 Å². The quantitative estimate of drug-likeness (QED) is 0.612. The molecule has 0 spiro atoms. The van der Waals surface area contributed by atoms with Crippen molar-refractivity contribution in [2.75, 3.05) is 0 Å². The lowest BCUT2D eigenvalue weighted by atomic mass is 10.3. The smallest absolute Gasteiger partial charge is 0.153 e. The standard InChI is InChI=1S/C9H9NOS2/c1-6(11)12-9-10-7-4-2-3-5-8(7)13-9/h2-6,11H,1H3. The molecule has 2 nitrogen and oxygen atoms in total. The number of fused-ring (bicyclic) bond motifs is 1. The molecule has 0 fully saturated rings. The van der Waals surface area contributed by atoms with E-state index in [1.54, 1.807) is 18.3 Å². The lowest BCUT2D eigenvalue weighted by molar-refractivity contribution is 0.284. The lowest BCUT2D eigenvalue weighted by Gasteiger charge is -1.96. The summed E-state index contributed by atoms with van der Waals surface area (Å²) in [5.41, 5.74) is 0.621. The topological polar surface area (TPSA) is 33.1 Å². The lowest BCUT2D eigenvalue weighted by Crippen LogP contribution is -1.89. The fraction of sp³-hybridized carbons (Fsp3) is 0.222. The normalized spacial score (nSPS) is 13.4. The zero-order valence-corrected chi connectivity index (χ0v) is 8.73. The number of aliphatic hydroxyl groups excluding tert-OH is 1. The molecule has 0 radical (unpaired) electrons. The maximum absolute atomic E-state index is 9.16. The van der Waals surface area contributed by atoms with Crippen LogP contribution in [0, 0.1) is 0 Å². The zero-order chi connectivity index (χ0) is 9.26. The molecule has 68 valence electrons. The zero-order valence-electron chi connectivity index (χ0n) is 7.10. The van der Waals surface area contributed by atoms with E-state index in [0.29, 0.717) is 0 Å². The van der Waals surface area contributed by atoms with Gasteiger partial charge in [0.2, 0.25) is 0 Å². The minimum atomic E-state index is -0.388. The van der Waals surface area contributed by atoms with E-state index in [1.807, 2.05) is 24.3 Å². The molecule has 0 bridgehead atoms. The number of rotatable bonds is 2. The monoisotopic (exact) mass is 211 g/mol. The second kappa shape index (κ2) is 3.65. The molecule has 1 unspecified atom stereocenters. The average Bonchev–Trinajstić information content (AvgIpc) is 2.44. The van der Waals surface area contributed by atoms with Crippen LogP contribution < -0.4 is 0 Å². The van der Waals surface area contributed by atoms with Crippen molar-refractivity contribution in [3.05, 3.63) is 24.3 Å². The summed E-state index contributed by atoms with van der Waals surface area (Å²) >= 11 is 3.00. The number of hydrogen-bond acceptors (Lipinski definition) is 4. The van der Waals surface area contributed by atoms with E-state index in [9.17, 15) is 0 Å². The first-order valence-corrected chi connectivity index (χ1v) is 5.65. The highest BCUT2D eigenvalue weighted by molar-refractivity contribution is 8.01. The number of benzene rings is 1. The van der Waals surface area contributed by atoms with Crippen molar-refractivity contribution in [3.63, 3.8) is 0 Å². The molecule has 2 rings (SSSR count). The number of aliphatic hydroxyl groups is 1. The SMILES string of the molecule is CC(O)Sc1nc2ccccc2s1. The molecular formula is C9H9NOS2. The Bertz CT molecular complexity index is 378. The third-order valence-corrected chi connectivity index (χ3v) is 3.55. The molecule has 0 aliphatic rings. The van der Waals surface area contributed by atoms with Crippen molar-refractivity contribution in [1.29, 1.82) is 0 Å². The molecule has 1 heterocycles. The Labute approximate surface area is 84.6 Å². The maximum atomic E-state index is 9.16. The van der Waals surface area contributed by atoms with Crippen molar-refractivity contribution in [2.45, 2.75) is 16.7 Å². The highest BCUT2D eigenvalue weighted by Gasteiger charge is 2.05. The Morgan fingerprint density at radius 1 is 1.46 bits per heavy atom. The van der Waals surface area contributed by atoms with Gasteiger partial charge in [0.05, 0.1) is 10.2 Å². The summed E-state index contributed by atoms with van der Waals surface area (Å²) in [6.45, 7) is 1.75. The molecule has 1 aromatic heterocycles. The first-order chi connectivity index (χ1) is 6.25. The van der Waals surface area contributed by atoms with Gasteiger partial charge in [-0.2, -0.15) is 0 Å². The maximum Gasteiger partial charge on any atom is 0.153 e. The fourth-order valence-corrected chi connectivity index (χ4v) is 3.07. The van der Waals surface area contributed by atoms with Crippen LogP contribution in [-0.4, -0.2) is 15.5 Å². The van der Waals surface area contributed by atoms with Crippen molar-refractivity contribution in [1.82, 2.24) is 4.98 Å². The predicted molar refractivity (Wildman–Crippen MR) is 57.2 cm³/mol. The number of thioether (sulfide) groups is 1. The molecule has 1 aromatic carbocycles. The Morgan fingerprint density at radius 2 is 2.23 bits per heavy atom. The van der Waals surface area contributed by atoms with Crippen LogP contribution in [0.5, 0.6) is 0 Å². The second-order valence-corrected chi connectivity index (χ2v) is 5.26. The number of thiazole rings is 1. The van der Waals surface area contributed by atoms with E-state index < -0.39 is 0 Å². The predicted octanol–water partition coefficient (Wildman–Crippen LogP) is 2.73. The fourth-order valence-electron chi connectivity index (χ4n) is 1.05. The summed E-state index contributed by atoms with van der Waals surface area (Å²) < 4.78 is 2.10. The van der Waals surface area contributed by atoms with Gasteiger partial charge in [0.25, 0.3) is 0 Å². The van der Waals surface area contributed by atoms with E-state index >= 15 is 0 Å². The van der Waals surface area contributed by atoms with Gasteiger partial charge in [-0.3, -0.25) is 0 Å². The van der Waals surface area contributed by atoms with E-state index in [4.69, 9.17) is 5.11 Å². The van der Waals surface area contributed by atoms with Crippen LogP contribution in [0.3, 0.4) is 0 Å². The van der Waals surface area contributed by atoms with Crippen LogP contribution in [0.4, 0.5) is 0 Å². The number of para-hydroxylation sites is 1. The van der Waals surface area contributed by atoms with Crippen LogP contribution >= 0.6 is 23.1 Å². The van der Waals surface area contributed by atoms with Gasteiger partial charge in [0.15, 0.2) is 4.34 Å². The Morgan fingerprint density at radius 3 is 2.92 bits per heavy atom. The Kier molecular flexibility index (Phi) is 2.53. The molecule has 13 heavy (non-hydrogen) atoms. The van der Waals surface area contributed by atoms with Crippen molar-refractivity contribution in [3.8, 4) is 0 Å². The van der Waals surface area contributed by atoms with Gasteiger partial charge in [0.1, 0.15) is 5.44 Å². The molecule has 0 aliphatic carbocycles. The number of nitrogens with zero attached hydrogens (tertiary/aromatic N) is 1. The van der Waals surface area contributed by atoms with Crippen molar-refractivity contribution < 1.29 is 5.11 Å². The largest absolute Gasteiger partial charge is 0.382 e. The summed E-state index contributed by atoms with van der Waals surface area (Å²) in [4.78, 5) is 4.37. The van der Waals surface area contributed by atoms with Crippen LogP contribution in [-0.2, 0) is 0 Å². The van der Waals surface area contributed by atoms with Gasteiger partial charge in [0, 0.05) is 0 Å². The van der Waals surface area contributed by atoms with Gasteiger partial charge < -0.3 is 5.11 Å². The van der Waals surface area contributed by atoms with E-state index in [0.717, 1.165) is 9.86 Å². The minimum Gasteiger partial charge on any atom is -0.382 e. The number of hydrogen-bond donors (Lipinski definition) is 1. The highest BCUT2D eigenvalue weighted by Crippen LogP contribution is 2.30. The van der Waals surface area contributed by atoms with E-state index in [1.165, 1.54) is 16.5 Å². The second-order valence-electron chi connectivity index (χ2n) is 2.66. The van der Waals surface area contributed by atoms with Crippen molar-refractivity contribution in [2.24, 2.45) is 0 Å². The van der Waals surface area contributed by atoms with Crippen LogP contribution in [0.25, 0.3) is 10.2 Å². The first kappa shape index (κ1) is 8.99. The summed E-state index contributed by atoms with van der Waals surface area (Å²) in [6, 6.07) is 7.99. The molecule has 0 aliphatic heterocycles. The summed E-state index contributed by atoms with van der Waals surface area (Å²) in [5, 5.41) is 9.16. The molecule has 2 aromatic rings. The first-order valence-electron chi connectivity index (χ1n) is 3.96. The Balaban J connectivity index is 2.38. The third-order valence-electron chi connectivity index (χ3n) is 1.55. The molecular weight excluding hydrogens is 202 g/mol. The summed E-state index contributed by atoms with van der Waals surface area (Å²) in [5.74, 6) is 0. The van der Waals surface area contributed by atoms with Gasteiger partial charge in [-0.25, -0.2) is 4.98 Å². The van der Waals surface area contributed by atoms with Crippen molar-refractivity contribution >= 4 is 33.3 Å². The van der Waals surface area contributed by atoms with Gasteiger partial charge in [-0.15, -0.1) is 11.3 Å². The molecule has 1 N–H and O–H groups in total. The molecule has 4 heteroatoms. The van der Waals surface area contributed by atoms with E-state index in [2.05, 4.69) is 4.98 Å². The van der Waals surface area contributed by atoms with Gasteiger partial charge >= 0.3 is 0 Å². The Hall–Kier alpha value is -0.580. The summed E-state index contributed by atoms with van der Waals surface area (Å²) in [6.07, 6.45) is 0.